The predicted molar refractivity (Wildman–Crippen MR) is 96.4 cm³/mol. The van der Waals surface area contributed by atoms with E-state index in [4.69, 9.17) is 4.74 Å². The lowest BCUT2D eigenvalue weighted by molar-refractivity contribution is -0.137. The van der Waals surface area contributed by atoms with Crippen LogP contribution in [0.5, 0.6) is 0 Å². The molecule has 0 aromatic heterocycles. The van der Waals surface area contributed by atoms with E-state index in [0.717, 1.165) is 22.4 Å². The molecule has 25 heavy (non-hydrogen) atoms. The van der Waals surface area contributed by atoms with Crippen LogP contribution in [0.3, 0.4) is 0 Å². The van der Waals surface area contributed by atoms with E-state index in [9.17, 15) is 14.4 Å². The number of ether oxygens (including phenoxy) is 1. The van der Waals surface area contributed by atoms with E-state index in [1.807, 2.05) is 32.9 Å². The number of methoxy groups -OCH3 is 1. The quantitative estimate of drug-likeness (QED) is 0.773. The topological polar surface area (TPSA) is 87.7 Å². The second-order valence-corrected chi connectivity index (χ2v) is 6.24. The van der Waals surface area contributed by atoms with Crippen molar-refractivity contribution in [3.63, 3.8) is 0 Å². The van der Waals surface area contributed by atoms with Gasteiger partial charge in [0, 0.05) is 19.8 Å². The Hall–Kier alpha value is -2.41. The summed E-state index contributed by atoms with van der Waals surface area (Å²) in [7, 11) is 2.92. The van der Waals surface area contributed by atoms with Crippen LogP contribution in [-0.4, -0.2) is 56.0 Å². The van der Waals surface area contributed by atoms with E-state index in [1.165, 1.54) is 19.1 Å². The van der Waals surface area contributed by atoms with Crippen molar-refractivity contribution < 1.29 is 19.1 Å². The van der Waals surface area contributed by atoms with Crippen LogP contribution in [0.25, 0.3) is 0 Å². The number of likely N-dealkylation sites (N-methyl/N-ethyl adjacent to an activating group) is 1. The lowest BCUT2D eigenvalue weighted by Crippen LogP contribution is -2.48. The minimum atomic E-state index is -0.733. The van der Waals surface area contributed by atoms with Gasteiger partial charge in [-0.3, -0.25) is 14.4 Å². The van der Waals surface area contributed by atoms with Gasteiger partial charge in [-0.05, 0) is 38.8 Å². The van der Waals surface area contributed by atoms with Crippen LogP contribution in [0.15, 0.2) is 12.1 Å². The molecule has 1 aromatic rings. The molecule has 0 bridgehead atoms. The Morgan fingerprint density at radius 2 is 1.68 bits per heavy atom. The lowest BCUT2D eigenvalue weighted by Gasteiger charge is -2.22. The molecule has 138 valence electrons. The number of rotatable bonds is 7. The Labute approximate surface area is 148 Å². The number of hydrogen-bond acceptors (Lipinski definition) is 4. The van der Waals surface area contributed by atoms with Gasteiger partial charge in [-0.2, -0.15) is 0 Å². The molecule has 7 heteroatoms. The molecular weight excluding hydrogens is 322 g/mol. The smallest absolute Gasteiger partial charge is 0.246 e. The largest absolute Gasteiger partial charge is 0.375 e. The summed E-state index contributed by atoms with van der Waals surface area (Å²) in [6.45, 7) is 7.20. The third-order valence-corrected chi connectivity index (χ3v) is 3.72. The van der Waals surface area contributed by atoms with Crippen molar-refractivity contribution in [2.24, 2.45) is 0 Å². The van der Waals surface area contributed by atoms with Crippen LogP contribution in [-0.2, 0) is 19.1 Å². The van der Waals surface area contributed by atoms with Crippen LogP contribution >= 0.6 is 0 Å². The lowest BCUT2D eigenvalue weighted by atomic mass is 10.1. The molecule has 0 aliphatic carbocycles. The summed E-state index contributed by atoms with van der Waals surface area (Å²) in [5, 5.41) is 5.37. The van der Waals surface area contributed by atoms with Crippen molar-refractivity contribution in [3.8, 4) is 0 Å². The maximum atomic E-state index is 12.3. The van der Waals surface area contributed by atoms with Gasteiger partial charge in [-0.1, -0.05) is 17.7 Å². The molecule has 0 saturated carbocycles. The highest BCUT2D eigenvalue weighted by molar-refractivity contribution is 5.96. The van der Waals surface area contributed by atoms with E-state index in [2.05, 4.69) is 10.6 Å². The number of aryl methyl sites for hydroxylation is 3. The normalized spacial score (nSPS) is 11.6. The molecule has 7 nitrogen and oxygen atoms in total. The summed E-state index contributed by atoms with van der Waals surface area (Å²) in [6.07, 6.45) is 0. The van der Waals surface area contributed by atoms with Crippen molar-refractivity contribution in [2.45, 2.75) is 33.7 Å². The van der Waals surface area contributed by atoms with Crippen LogP contribution in [0.2, 0.25) is 0 Å². The first-order chi connectivity index (χ1) is 11.6. The van der Waals surface area contributed by atoms with E-state index >= 15 is 0 Å². The summed E-state index contributed by atoms with van der Waals surface area (Å²) in [4.78, 5) is 37.2. The summed E-state index contributed by atoms with van der Waals surface area (Å²) in [5.41, 5.74) is 3.83. The van der Waals surface area contributed by atoms with Gasteiger partial charge >= 0.3 is 0 Å². The van der Waals surface area contributed by atoms with Gasteiger partial charge in [0.15, 0.2) is 0 Å². The summed E-state index contributed by atoms with van der Waals surface area (Å²) in [6, 6.07) is 3.25. The maximum absolute atomic E-state index is 12.3. The summed E-state index contributed by atoms with van der Waals surface area (Å²) in [5.74, 6) is -1.02. The fraction of sp³-hybridized carbons (Fsp3) is 0.500. The number of amides is 3. The highest BCUT2D eigenvalue weighted by Crippen LogP contribution is 2.21. The number of nitrogens with one attached hydrogen (secondary N) is 2. The number of benzene rings is 1. The molecule has 0 aliphatic rings. The van der Waals surface area contributed by atoms with E-state index in [-0.39, 0.29) is 30.9 Å². The highest BCUT2D eigenvalue weighted by atomic mass is 16.5. The van der Waals surface area contributed by atoms with E-state index < -0.39 is 6.04 Å². The third kappa shape index (κ3) is 6.19. The molecule has 0 unspecified atom stereocenters. The van der Waals surface area contributed by atoms with Crippen LogP contribution in [0.4, 0.5) is 5.69 Å². The number of carbonyl (C=O) groups excluding carboxylic acids is 3. The Morgan fingerprint density at radius 3 is 2.20 bits per heavy atom. The van der Waals surface area contributed by atoms with Crippen molar-refractivity contribution in [2.75, 3.05) is 32.6 Å². The second kappa shape index (κ2) is 9.17. The van der Waals surface area contributed by atoms with Crippen LogP contribution in [0, 0.1) is 20.8 Å². The minimum Gasteiger partial charge on any atom is -0.375 e. The zero-order chi connectivity index (χ0) is 19.1. The Balaban J connectivity index is 2.64. The highest BCUT2D eigenvalue weighted by Gasteiger charge is 2.21. The second-order valence-electron chi connectivity index (χ2n) is 6.24. The molecule has 0 aliphatic heterocycles. The number of hydrogen-bond donors (Lipinski definition) is 2. The molecule has 0 heterocycles. The monoisotopic (exact) mass is 349 g/mol. The molecular formula is C18H27N3O4. The maximum Gasteiger partial charge on any atom is 0.246 e. The molecule has 1 rings (SSSR count). The fourth-order valence-corrected chi connectivity index (χ4v) is 2.66. The van der Waals surface area contributed by atoms with Crippen molar-refractivity contribution >= 4 is 23.4 Å². The molecule has 0 radical (unpaired) electrons. The van der Waals surface area contributed by atoms with Gasteiger partial charge in [0.1, 0.15) is 12.6 Å². The van der Waals surface area contributed by atoms with E-state index in [1.54, 1.807) is 6.92 Å². The number of carbonyl (C=O) groups is 3. The van der Waals surface area contributed by atoms with E-state index in [0.29, 0.717) is 0 Å². The van der Waals surface area contributed by atoms with Crippen molar-refractivity contribution in [3.05, 3.63) is 28.8 Å². The summed E-state index contributed by atoms with van der Waals surface area (Å²) >= 11 is 0. The predicted octanol–water partition coefficient (Wildman–Crippen LogP) is 1.16. The molecule has 1 atom stereocenters. The third-order valence-electron chi connectivity index (χ3n) is 3.72. The molecule has 0 spiro atoms. The van der Waals surface area contributed by atoms with Crippen LogP contribution in [0.1, 0.15) is 23.6 Å². The van der Waals surface area contributed by atoms with Gasteiger partial charge in [0.25, 0.3) is 0 Å². The standard InChI is InChI=1S/C18H27N3O4/c1-11-7-12(2)17(13(3)8-11)20-15(22)9-21(5)18(24)14(4)19-16(23)10-25-6/h7-8,14H,9-10H2,1-6H3,(H,19,23)(H,20,22)/t14-/m1/s1. The Bertz CT molecular complexity index is 635. The van der Waals surface area contributed by atoms with Crippen LogP contribution < -0.4 is 10.6 Å². The molecule has 2 N–H and O–H groups in total. The molecule has 0 fully saturated rings. The number of nitrogens with zero attached hydrogens (tertiary/aromatic N) is 1. The van der Waals surface area contributed by atoms with Crippen molar-refractivity contribution in [1.29, 1.82) is 0 Å². The SMILES string of the molecule is COCC(=O)N[C@H](C)C(=O)N(C)CC(=O)Nc1c(C)cc(C)cc1C. The van der Waals surface area contributed by atoms with Gasteiger partial charge in [0.2, 0.25) is 17.7 Å². The van der Waals surface area contributed by atoms with Crippen molar-refractivity contribution in [1.82, 2.24) is 10.2 Å². The number of anilines is 1. The molecule has 1 aromatic carbocycles. The average molecular weight is 349 g/mol. The van der Waals surface area contributed by atoms with Gasteiger partial charge in [-0.15, -0.1) is 0 Å². The Morgan fingerprint density at radius 1 is 1.12 bits per heavy atom. The van der Waals surface area contributed by atoms with Gasteiger partial charge in [-0.25, -0.2) is 0 Å². The zero-order valence-corrected chi connectivity index (χ0v) is 15.7. The molecule has 3 amide bonds. The fourth-order valence-electron chi connectivity index (χ4n) is 2.66. The first-order valence-electron chi connectivity index (χ1n) is 8.06. The first kappa shape index (κ1) is 20.6. The summed E-state index contributed by atoms with van der Waals surface area (Å²) < 4.78 is 4.71. The van der Waals surface area contributed by atoms with Gasteiger partial charge in [0.05, 0.1) is 6.54 Å². The van der Waals surface area contributed by atoms with Gasteiger partial charge < -0.3 is 20.3 Å². The minimum absolute atomic E-state index is 0.101. The average Bonchev–Trinajstić information content (AvgIpc) is 2.50. The first-order valence-corrected chi connectivity index (χ1v) is 8.06. The Kier molecular flexibility index (Phi) is 7.57. The zero-order valence-electron chi connectivity index (χ0n) is 15.7. The molecule has 0 saturated heterocycles.